The second-order valence-corrected chi connectivity index (χ2v) is 4.32. The predicted molar refractivity (Wildman–Crippen MR) is 76.1 cm³/mol. The number of carbonyl (C=O) groups excluding carboxylic acids is 1. The highest BCUT2D eigenvalue weighted by Gasteiger charge is 2.16. The van der Waals surface area contributed by atoms with Crippen molar-refractivity contribution in [3.8, 4) is 0 Å². The summed E-state index contributed by atoms with van der Waals surface area (Å²) in [6.07, 6.45) is 0.0326. The van der Waals surface area contributed by atoms with Crippen molar-refractivity contribution < 1.29 is 19.0 Å². The molecule has 5 nitrogen and oxygen atoms in total. The van der Waals surface area contributed by atoms with Crippen LogP contribution in [0.3, 0.4) is 0 Å². The molecule has 0 heterocycles. The monoisotopic (exact) mass is 281 g/mol. The molecule has 20 heavy (non-hydrogen) atoms. The fraction of sp³-hybridized carbons (Fsp3) is 0.533. The zero-order valence-corrected chi connectivity index (χ0v) is 12.3. The first-order valence-electron chi connectivity index (χ1n) is 6.77. The maximum Gasteiger partial charge on any atom is 0.322 e. The molecule has 0 amide bonds. The van der Waals surface area contributed by atoms with Gasteiger partial charge in [0.15, 0.2) is 6.29 Å². The minimum atomic E-state index is -0.659. The van der Waals surface area contributed by atoms with Crippen LogP contribution >= 0.6 is 0 Å². The van der Waals surface area contributed by atoms with Crippen molar-refractivity contribution >= 4 is 5.97 Å². The minimum absolute atomic E-state index is 0.390. The van der Waals surface area contributed by atoms with Crippen molar-refractivity contribution in [3.05, 3.63) is 35.4 Å². The van der Waals surface area contributed by atoms with Gasteiger partial charge in [0.2, 0.25) is 0 Å². The van der Waals surface area contributed by atoms with Gasteiger partial charge in [0, 0.05) is 18.8 Å². The Hall–Kier alpha value is -1.43. The highest BCUT2D eigenvalue weighted by atomic mass is 16.7. The molecule has 5 heteroatoms. The Kier molecular flexibility index (Phi) is 7.22. The van der Waals surface area contributed by atoms with Crippen LogP contribution in [0.25, 0.3) is 0 Å². The highest BCUT2D eigenvalue weighted by molar-refractivity contribution is 5.75. The second-order valence-electron chi connectivity index (χ2n) is 4.32. The van der Waals surface area contributed by atoms with Gasteiger partial charge in [-0.2, -0.15) is 0 Å². The largest absolute Gasteiger partial charge is 0.468 e. The lowest BCUT2D eigenvalue weighted by molar-refractivity contribution is -0.142. The molecule has 0 saturated carbocycles. The lowest BCUT2D eigenvalue weighted by Crippen LogP contribution is -2.33. The highest BCUT2D eigenvalue weighted by Crippen LogP contribution is 2.20. The van der Waals surface area contributed by atoms with Gasteiger partial charge in [0.25, 0.3) is 0 Å². The van der Waals surface area contributed by atoms with Crippen LogP contribution in [0.15, 0.2) is 24.3 Å². The van der Waals surface area contributed by atoms with Crippen LogP contribution in [-0.2, 0) is 25.4 Å². The van der Waals surface area contributed by atoms with Crippen LogP contribution in [0.2, 0.25) is 0 Å². The summed E-state index contributed by atoms with van der Waals surface area (Å²) in [7, 11) is 1.33. The molecule has 1 atom stereocenters. The number of nitrogens with two attached hydrogens (primary N) is 1. The summed E-state index contributed by atoms with van der Waals surface area (Å²) < 4.78 is 15.7. The number of benzene rings is 1. The van der Waals surface area contributed by atoms with Crippen molar-refractivity contribution in [2.75, 3.05) is 20.3 Å². The quantitative estimate of drug-likeness (QED) is 0.581. The fourth-order valence-corrected chi connectivity index (χ4v) is 1.90. The van der Waals surface area contributed by atoms with Gasteiger partial charge in [-0.1, -0.05) is 24.3 Å². The Morgan fingerprint density at radius 1 is 1.25 bits per heavy atom. The average molecular weight is 281 g/mol. The molecule has 0 aliphatic carbocycles. The number of ether oxygens (including phenoxy) is 3. The number of hydrogen-bond donors (Lipinski definition) is 1. The lowest BCUT2D eigenvalue weighted by Gasteiger charge is -2.18. The van der Waals surface area contributed by atoms with Crippen molar-refractivity contribution in [2.24, 2.45) is 5.73 Å². The molecular weight excluding hydrogens is 258 g/mol. The van der Waals surface area contributed by atoms with E-state index in [-0.39, 0.29) is 6.29 Å². The van der Waals surface area contributed by atoms with Gasteiger partial charge < -0.3 is 19.9 Å². The Labute approximate surface area is 120 Å². The molecular formula is C15H23NO4. The van der Waals surface area contributed by atoms with Gasteiger partial charge in [-0.05, 0) is 25.8 Å². The molecule has 0 radical (unpaired) electrons. The number of carbonyl (C=O) groups is 1. The van der Waals surface area contributed by atoms with E-state index in [1.54, 1.807) is 0 Å². The Morgan fingerprint density at radius 3 is 2.45 bits per heavy atom. The summed E-state index contributed by atoms with van der Waals surface area (Å²) in [5, 5.41) is 0. The van der Waals surface area contributed by atoms with E-state index in [2.05, 4.69) is 4.74 Å². The second kappa shape index (κ2) is 8.68. The third-order valence-corrected chi connectivity index (χ3v) is 2.82. The van der Waals surface area contributed by atoms with E-state index in [1.807, 2.05) is 38.1 Å². The molecule has 0 fully saturated rings. The Bertz CT molecular complexity index is 416. The molecule has 1 aromatic carbocycles. The first kappa shape index (κ1) is 16.6. The maximum absolute atomic E-state index is 11.3. The third-order valence-electron chi connectivity index (χ3n) is 2.82. The van der Waals surface area contributed by atoms with E-state index in [4.69, 9.17) is 15.2 Å². The van der Waals surface area contributed by atoms with E-state index in [0.717, 1.165) is 11.1 Å². The molecule has 0 aliphatic heterocycles. The van der Waals surface area contributed by atoms with Crippen LogP contribution in [0, 0.1) is 0 Å². The minimum Gasteiger partial charge on any atom is -0.468 e. The molecule has 0 bridgehead atoms. The number of rotatable bonds is 8. The van der Waals surface area contributed by atoms with Crippen molar-refractivity contribution in [1.82, 2.24) is 0 Å². The SMILES string of the molecule is CCOC(OCC)c1cccc(CC(N)C(=O)OC)c1. The topological polar surface area (TPSA) is 70.8 Å². The van der Waals surface area contributed by atoms with Gasteiger partial charge in [0.05, 0.1) is 7.11 Å². The smallest absolute Gasteiger partial charge is 0.322 e. The predicted octanol–water partition coefficient (Wildman–Crippen LogP) is 1.80. The fourth-order valence-electron chi connectivity index (χ4n) is 1.90. The molecule has 0 aliphatic rings. The zero-order chi connectivity index (χ0) is 15.0. The zero-order valence-electron chi connectivity index (χ0n) is 12.3. The van der Waals surface area contributed by atoms with E-state index in [1.165, 1.54) is 7.11 Å². The summed E-state index contributed by atoms with van der Waals surface area (Å²) in [5.74, 6) is -0.415. The summed E-state index contributed by atoms with van der Waals surface area (Å²) in [6, 6.07) is 7.04. The average Bonchev–Trinajstić information content (AvgIpc) is 2.46. The molecule has 0 spiro atoms. The van der Waals surface area contributed by atoms with Crippen molar-refractivity contribution in [1.29, 1.82) is 0 Å². The first-order chi connectivity index (χ1) is 9.62. The normalized spacial score (nSPS) is 12.4. The Morgan fingerprint density at radius 2 is 1.90 bits per heavy atom. The molecule has 112 valence electrons. The summed E-state index contributed by atoms with van der Waals surface area (Å²) in [5.41, 5.74) is 7.63. The van der Waals surface area contributed by atoms with E-state index in [9.17, 15) is 4.79 Å². The first-order valence-corrected chi connectivity index (χ1v) is 6.77. The van der Waals surface area contributed by atoms with E-state index >= 15 is 0 Å². The van der Waals surface area contributed by atoms with Crippen LogP contribution in [0.1, 0.15) is 31.3 Å². The lowest BCUT2D eigenvalue weighted by atomic mass is 10.0. The van der Waals surface area contributed by atoms with Crippen molar-refractivity contribution in [3.63, 3.8) is 0 Å². The maximum atomic E-state index is 11.3. The van der Waals surface area contributed by atoms with Crippen LogP contribution in [0.4, 0.5) is 0 Å². The molecule has 0 aromatic heterocycles. The van der Waals surface area contributed by atoms with Gasteiger partial charge in [-0.15, -0.1) is 0 Å². The van der Waals surface area contributed by atoms with Gasteiger partial charge in [0.1, 0.15) is 6.04 Å². The summed E-state index contributed by atoms with van der Waals surface area (Å²) in [6.45, 7) is 4.97. The third kappa shape index (κ3) is 4.92. The van der Waals surface area contributed by atoms with Gasteiger partial charge in [-0.3, -0.25) is 4.79 Å². The van der Waals surface area contributed by atoms with Gasteiger partial charge in [-0.25, -0.2) is 0 Å². The summed E-state index contributed by atoms with van der Waals surface area (Å²) in [4.78, 5) is 11.3. The van der Waals surface area contributed by atoms with Gasteiger partial charge >= 0.3 is 5.97 Å². The summed E-state index contributed by atoms with van der Waals surface area (Å²) >= 11 is 0. The molecule has 1 rings (SSSR count). The molecule has 1 aromatic rings. The van der Waals surface area contributed by atoms with Crippen LogP contribution < -0.4 is 5.73 Å². The van der Waals surface area contributed by atoms with Crippen LogP contribution in [-0.4, -0.2) is 32.3 Å². The number of hydrogen-bond acceptors (Lipinski definition) is 5. The number of methoxy groups -OCH3 is 1. The molecule has 0 saturated heterocycles. The Balaban J connectivity index is 2.80. The van der Waals surface area contributed by atoms with E-state index < -0.39 is 12.0 Å². The standard InChI is InChI=1S/C15H23NO4/c1-4-19-15(20-5-2)12-8-6-7-11(9-12)10-13(16)14(17)18-3/h6-9,13,15H,4-5,10,16H2,1-3H3. The van der Waals surface area contributed by atoms with Crippen LogP contribution in [0.5, 0.6) is 0 Å². The molecule has 1 unspecified atom stereocenters. The number of esters is 1. The molecule has 2 N–H and O–H groups in total. The van der Waals surface area contributed by atoms with E-state index in [0.29, 0.717) is 19.6 Å². The van der Waals surface area contributed by atoms with Crippen molar-refractivity contribution in [2.45, 2.75) is 32.6 Å².